The van der Waals surface area contributed by atoms with Crippen molar-refractivity contribution >= 4 is 11.4 Å². The molecule has 0 aliphatic carbocycles. The Bertz CT molecular complexity index is 538. The summed E-state index contributed by atoms with van der Waals surface area (Å²) in [4.78, 5) is 14.4. The number of nitro groups is 1. The maximum absolute atomic E-state index is 11.0. The monoisotopic (exact) mass is 247 g/mol. The van der Waals surface area contributed by atoms with E-state index in [2.05, 4.69) is 15.4 Å². The van der Waals surface area contributed by atoms with Crippen LogP contribution in [0.3, 0.4) is 0 Å². The SMILES string of the molecule is CCNc1ccc(Cn2cncn2)cc1[N+](=O)[O-]. The van der Waals surface area contributed by atoms with Gasteiger partial charge in [-0.15, -0.1) is 0 Å². The normalized spacial score (nSPS) is 10.3. The third-order valence-electron chi connectivity index (χ3n) is 2.44. The van der Waals surface area contributed by atoms with E-state index < -0.39 is 0 Å². The fraction of sp³-hybridized carbons (Fsp3) is 0.273. The molecule has 1 heterocycles. The van der Waals surface area contributed by atoms with Crippen molar-refractivity contribution in [2.24, 2.45) is 0 Å². The van der Waals surface area contributed by atoms with Gasteiger partial charge in [0, 0.05) is 12.6 Å². The van der Waals surface area contributed by atoms with Crippen LogP contribution in [0.5, 0.6) is 0 Å². The van der Waals surface area contributed by atoms with Crippen LogP contribution in [0.4, 0.5) is 11.4 Å². The van der Waals surface area contributed by atoms with Gasteiger partial charge in [0.1, 0.15) is 18.3 Å². The fourth-order valence-corrected chi connectivity index (χ4v) is 1.67. The largest absolute Gasteiger partial charge is 0.380 e. The predicted molar refractivity (Wildman–Crippen MR) is 66.4 cm³/mol. The Kier molecular flexibility index (Phi) is 3.52. The van der Waals surface area contributed by atoms with Gasteiger partial charge in [0.2, 0.25) is 0 Å². The Morgan fingerprint density at radius 1 is 1.50 bits per heavy atom. The second kappa shape index (κ2) is 5.26. The van der Waals surface area contributed by atoms with E-state index in [9.17, 15) is 10.1 Å². The second-order valence-corrected chi connectivity index (χ2v) is 3.73. The van der Waals surface area contributed by atoms with E-state index >= 15 is 0 Å². The average molecular weight is 247 g/mol. The standard InChI is InChI=1S/C11H13N5O2/c1-2-13-10-4-3-9(5-11(10)16(17)18)6-15-8-12-7-14-15/h3-5,7-8,13H,2,6H2,1H3. The van der Waals surface area contributed by atoms with Gasteiger partial charge in [-0.1, -0.05) is 6.07 Å². The molecule has 0 bridgehead atoms. The second-order valence-electron chi connectivity index (χ2n) is 3.73. The Morgan fingerprint density at radius 2 is 2.33 bits per heavy atom. The highest BCUT2D eigenvalue weighted by molar-refractivity contribution is 5.62. The Hall–Kier alpha value is -2.44. The van der Waals surface area contributed by atoms with E-state index in [4.69, 9.17) is 0 Å². The van der Waals surface area contributed by atoms with E-state index in [0.29, 0.717) is 18.8 Å². The number of aromatic nitrogens is 3. The quantitative estimate of drug-likeness (QED) is 0.641. The van der Waals surface area contributed by atoms with Gasteiger partial charge in [-0.05, 0) is 18.6 Å². The van der Waals surface area contributed by atoms with Crippen LogP contribution in [0.15, 0.2) is 30.9 Å². The van der Waals surface area contributed by atoms with Gasteiger partial charge in [0.25, 0.3) is 5.69 Å². The van der Waals surface area contributed by atoms with Gasteiger partial charge < -0.3 is 5.32 Å². The zero-order chi connectivity index (χ0) is 13.0. The molecule has 0 atom stereocenters. The smallest absolute Gasteiger partial charge is 0.292 e. The molecular weight excluding hydrogens is 234 g/mol. The highest BCUT2D eigenvalue weighted by Gasteiger charge is 2.14. The third kappa shape index (κ3) is 2.62. The number of benzene rings is 1. The maximum Gasteiger partial charge on any atom is 0.292 e. The van der Waals surface area contributed by atoms with Gasteiger partial charge in [-0.3, -0.25) is 10.1 Å². The summed E-state index contributed by atoms with van der Waals surface area (Å²) in [5.74, 6) is 0. The Morgan fingerprint density at radius 3 is 2.94 bits per heavy atom. The first-order chi connectivity index (χ1) is 8.70. The molecule has 7 heteroatoms. The van der Waals surface area contributed by atoms with E-state index in [1.165, 1.54) is 6.33 Å². The lowest BCUT2D eigenvalue weighted by Gasteiger charge is -2.06. The molecule has 0 amide bonds. The highest BCUT2D eigenvalue weighted by atomic mass is 16.6. The van der Waals surface area contributed by atoms with Crippen LogP contribution in [-0.2, 0) is 6.54 Å². The van der Waals surface area contributed by atoms with E-state index in [1.54, 1.807) is 23.1 Å². The summed E-state index contributed by atoms with van der Waals surface area (Å²) in [7, 11) is 0. The molecule has 0 unspecified atom stereocenters. The summed E-state index contributed by atoms with van der Waals surface area (Å²) < 4.78 is 1.62. The molecule has 0 aliphatic rings. The van der Waals surface area contributed by atoms with Gasteiger partial charge in [0.05, 0.1) is 11.5 Å². The van der Waals surface area contributed by atoms with Crippen molar-refractivity contribution in [1.82, 2.24) is 14.8 Å². The molecule has 7 nitrogen and oxygen atoms in total. The molecule has 0 aliphatic heterocycles. The minimum absolute atomic E-state index is 0.0782. The van der Waals surface area contributed by atoms with Gasteiger partial charge >= 0.3 is 0 Å². The third-order valence-corrected chi connectivity index (χ3v) is 2.44. The minimum atomic E-state index is -0.386. The van der Waals surface area contributed by atoms with Crippen molar-refractivity contribution in [1.29, 1.82) is 0 Å². The molecular formula is C11H13N5O2. The van der Waals surface area contributed by atoms with Crippen molar-refractivity contribution in [3.8, 4) is 0 Å². The summed E-state index contributed by atoms with van der Waals surface area (Å²) in [5.41, 5.74) is 1.42. The van der Waals surface area contributed by atoms with Gasteiger partial charge in [-0.25, -0.2) is 9.67 Å². The highest BCUT2D eigenvalue weighted by Crippen LogP contribution is 2.25. The number of anilines is 1. The Labute approximate surface area is 104 Å². The lowest BCUT2D eigenvalue weighted by atomic mass is 10.1. The lowest BCUT2D eigenvalue weighted by molar-refractivity contribution is -0.384. The molecule has 94 valence electrons. The van der Waals surface area contributed by atoms with E-state index in [0.717, 1.165) is 5.56 Å². The van der Waals surface area contributed by atoms with Crippen molar-refractivity contribution in [3.63, 3.8) is 0 Å². The summed E-state index contributed by atoms with van der Waals surface area (Å²) in [6.45, 7) is 3.00. The number of hydrogen-bond donors (Lipinski definition) is 1. The Balaban J connectivity index is 2.28. The van der Waals surface area contributed by atoms with E-state index in [-0.39, 0.29) is 10.6 Å². The number of nitro benzene ring substituents is 1. The summed E-state index contributed by atoms with van der Waals surface area (Å²) >= 11 is 0. The topological polar surface area (TPSA) is 85.9 Å². The number of nitrogens with one attached hydrogen (secondary N) is 1. The van der Waals surface area contributed by atoms with Gasteiger partial charge in [-0.2, -0.15) is 5.10 Å². The molecule has 1 aromatic heterocycles. The molecule has 18 heavy (non-hydrogen) atoms. The first-order valence-corrected chi connectivity index (χ1v) is 5.54. The lowest BCUT2D eigenvalue weighted by Crippen LogP contribution is -2.04. The van der Waals surface area contributed by atoms with Crippen LogP contribution in [0.2, 0.25) is 0 Å². The zero-order valence-electron chi connectivity index (χ0n) is 9.91. The molecule has 0 radical (unpaired) electrons. The molecule has 0 spiro atoms. The van der Waals surface area contributed by atoms with Crippen LogP contribution in [0, 0.1) is 10.1 Å². The first kappa shape index (κ1) is 12.0. The number of rotatable bonds is 5. The van der Waals surface area contributed by atoms with E-state index in [1.807, 2.05) is 13.0 Å². The molecule has 1 aromatic carbocycles. The molecule has 2 aromatic rings. The van der Waals surface area contributed by atoms with Crippen LogP contribution in [-0.4, -0.2) is 26.2 Å². The molecule has 0 saturated heterocycles. The predicted octanol–water partition coefficient (Wildman–Crippen LogP) is 1.67. The summed E-state index contributed by atoms with van der Waals surface area (Å²) in [5, 5.41) is 17.9. The average Bonchev–Trinajstić information content (AvgIpc) is 2.84. The van der Waals surface area contributed by atoms with Crippen LogP contribution in [0.25, 0.3) is 0 Å². The molecule has 2 rings (SSSR count). The van der Waals surface area contributed by atoms with Crippen LogP contribution >= 0.6 is 0 Å². The first-order valence-electron chi connectivity index (χ1n) is 5.54. The van der Waals surface area contributed by atoms with Gasteiger partial charge in [0.15, 0.2) is 0 Å². The van der Waals surface area contributed by atoms with Crippen molar-refractivity contribution in [2.75, 3.05) is 11.9 Å². The minimum Gasteiger partial charge on any atom is -0.380 e. The van der Waals surface area contributed by atoms with Crippen LogP contribution in [0.1, 0.15) is 12.5 Å². The molecule has 0 saturated carbocycles. The summed E-state index contributed by atoms with van der Waals surface area (Å²) in [6, 6.07) is 5.11. The van der Waals surface area contributed by atoms with Crippen molar-refractivity contribution in [3.05, 3.63) is 46.5 Å². The maximum atomic E-state index is 11.0. The van der Waals surface area contributed by atoms with Crippen molar-refractivity contribution < 1.29 is 4.92 Å². The van der Waals surface area contributed by atoms with Crippen molar-refractivity contribution in [2.45, 2.75) is 13.5 Å². The number of nitrogens with zero attached hydrogens (tertiary/aromatic N) is 4. The zero-order valence-corrected chi connectivity index (χ0v) is 9.91. The summed E-state index contributed by atoms with van der Waals surface area (Å²) in [6.07, 6.45) is 3.01. The fourth-order valence-electron chi connectivity index (χ4n) is 1.67. The molecule has 1 N–H and O–H groups in total. The molecule has 0 fully saturated rings. The number of hydrogen-bond acceptors (Lipinski definition) is 5. The van der Waals surface area contributed by atoms with Crippen LogP contribution < -0.4 is 5.32 Å².